The highest BCUT2D eigenvalue weighted by Crippen LogP contribution is 2.18. The topological polar surface area (TPSA) is 85.5 Å². The van der Waals surface area contributed by atoms with E-state index in [1.165, 1.54) is 11.8 Å². The molecule has 0 saturated carbocycles. The fraction of sp³-hybridized carbons (Fsp3) is 0.316. The average Bonchev–Trinajstić information content (AvgIpc) is 3.09. The Morgan fingerprint density at radius 1 is 1.20 bits per heavy atom. The van der Waals surface area contributed by atoms with Gasteiger partial charge in [0.2, 0.25) is 17.7 Å². The molecular weight excluding hydrogens is 318 g/mol. The van der Waals surface area contributed by atoms with Crippen LogP contribution in [-0.4, -0.2) is 40.9 Å². The standard InChI is InChI=1S/C19H21N3O3/c20-19(24)15-7-8-17(21-12-15)25-16-10-11-22(13-16)18(23)9-6-14-4-2-1-3-5-14/h1-5,7-8,12,16H,6,9-11,13H2,(H2,20,24). The number of aryl methyl sites for hydroxylation is 1. The molecule has 0 bridgehead atoms. The number of hydrogen-bond donors (Lipinski definition) is 1. The smallest absolute Gasteiger partial charge is 0.250 e. The highest BCUT2D eigenvalue weighted by Gasteiger charge is 2.27. The molecule has 6 nitrogen and oxygen atoms in total. The predicted octanol–water partition coefficient (Wildman–Crippen LogP) is 1.79. The number of nitrogens with zero attached hydrogens (tertiary/aromatic N) is 2. The van der Waals surface area contributed by atoms with Crippen LogP contribution in [0.25, 0.3) is 0 Å². The monoisotopic (exact) mass is 339 g/mol. The molecule has 2 aromatic rings. The Morgan fingerprint density at radius 2 is 2.00 bits per heavy atom. The molecule has 1 aliphatic rings. The fourth-order valence-corrected chi connectivity index (χ4v) is 2.87. The van der Waals surface area contributed by atoms with E-state index in [-0.39, 0.29) is 12.0 Å². The molecule has 1 aromatic heterocycles. The summed E-state index contributed by atoms with van der Waals surface area (Å²) in [4.78, 5) is 29.3. The first kappa shape index (κ1) is 17.0. The third-order valence-electron chi connectivity index (χ3n) is 4.28. The molecule has 1 aromatic carbocycles. The van der Waals surface area contributed by atoms with Gasteiger partial charge in [-0.3, -0.25) is 9.59 Å². The molecule has 1 atom stereocenters. The molecule has 2 amide bonds. The quantitative estimate of drug-likeness (QED) is 0.869. The van der Waals surface area contributed by atoms with Crippen LogP contribution in [0.5, 0.6) is 5.88 Å². The zero-order chi connectivity index (χ0) is 17.6. The van der Waals surface area contributed by atoms with Gasteiger partial charge in [0.1, 0.15) is 6.10 Å². The number of nitrogens with two attached hydrogens (primary N) is 1. The normalized spacial score (nSPS) is 16.6. The molecule has 1 saturated heterocycles. The molecule has 1 unspecified atom stereocenters. The molecule has 2 heterocycles. The van der Waals surface area contributed by atoms with Crippen LogP contribution in [0.4, 0.5) is 0 Å². The lowest BCUT2D eigenvalue weighted by atomic mass is 10.1. The van der Waals surface area contributed by atoms with Gasteiger partial charge in [-0.25, -0.2) is 4.98 Å². The second-order valence-electron chi connectivity index (χ2n) is 6.10. The Balaban J connectivity index is 1.47. The summed E-state index contributed by atoms with van der Waals surface area (Å²) >= 11 is 0. The highest BCUT2D eigenvalue weighted by molar-refractivity contribution is 5.92. The lowest BCUT2D eigenvalue weighted by Crippen LogP contribution is -2.31. The third-order valence-corrected chi connectivity index (χ3v) is 4.28. The average molecular weight is 339 g/mol. The van der Waals surface area contributed by atoms with E-state index in [0.29, 0.717) is 31.0 Å². The zero-order valence-corrected chi connectivity index (χ0v) is 13.9. The van der Waals surface area contributed by atoms with Crippen LogP contribution in [-0.2, 0) is 11.2 Å². The number of hydrogen-bond acceptors (Lipinski definition) is 4. The van der Waals surface area contributed by atoms with E-state index in [4.69, 9.17) is 10.5 Å². The van der Waals surface area contributed by atoms with Gasteiger partial charge in [0.25, 0.3) is 0 Å². The minimum absolute atomic E-state index is 0.0763. The van der Waals surface area contributed by atoms with Gasteiger partial charge < -0.3 is 15.4 Å². The molecule has 2 N–H and O–H groups in total. The van der Waals surface area contributed by atoms with Crippen LogP contribution in [0.15, 0.2) is 48.7 Å². The van der Waals surface area contributed by atoms with Crippen molar-refractivity contribution in [2.45, 2.75) is 25.4 Å². The third kappa shape index (κ3) is 4.56. The number of carbonyl (C=O) groups is 2. The summed E-state index contributed by atoms with van der Waals surface area (Å²) in [5, 5.41) is 0. The van der Waals surface area contributed by atoms with Crippen molar-refractivity contribution < 1.29 is 14.3 Å². The molecule has 0 spiro atoms. The maximum absolute atomic E-state index is 12.3. The van der Waals surface area contributed by atoms with E-state index in [1.54, 1.807) is 12.1 Å². The Bertz CT molecular complexity index is 731. The molecule has 130 valence electrons. The predicted molar refractivity (Wildman–Crippen MR) is 93.1 cm³/mol. The Hall–Kier alpha value is -2.89. The summed E-state index contributed by atoms with van der Waals surface area (Å²) in [6.07, 6.45) is 3.35. The van der Waals surface area contributed by atoms with Crippen LogP contribution in [0, 0.1) is 0 Å². The van der Waals surface area contributed by atoms with Gasteiger partial charge in [-0.05, 0) is 18.1 Å². The molecule has 1 fully saturated rings. The summed E-state index contributed by atoms with van der Waals surface area (Å²) < 4.78 is 5.80. The maximum Gasteiger partial charge on any atom is 0.250 e. The zero-order valence-electron chi connectivity index (χ0n) is 13.9. The summed E-state index contributed by atoms with van der Waals surface area (Å²) in [5.74, 6) is 0.0654. The van der Waals surface area contributed by atoms with Gasteiger partial charge in [0, 0.05) is 31.6 Å². The van der Waals surface area contributed by atoms with Crippen LogP contribution < -0.4 is 10.5 Å². The number of ether oxygens (including phenoxy) is 1. The molecule has 1 aliphatic heterocycles. The molecule has 25 heavy (non-hydrogen) atoms. The first-order valence-corrected chi connectivity index (χ1v) is 8.36. The summed E-state index contributed by atoms with van der Waals surface area (Å²) in [7, 11) is 0. The number of amides is 2. The van der Waals surface area contributed by atoms with E-state index in [1.807, 2.05) is 35.2 Å². The Kier molecular flexibility index (Phi) is 5.28. The summed E-state index contributed by atoms with van der Waals surface area (Å²) in [5.41, 5.74) is 6.70. The van der Waals surface area contributed by atoms with E-state index < -0.39 is 5.91 Å². The summed E-state index contributed by atoms with van der Waals surface area (Å²) in [6, 6.07) is 13.2. The van der Waals surface area contributed by atoms with Crippen molar-refractivity contribution in [3.63, 3.8) is 0 Å². The second-order valence-corrected chi connectivity index (χ2v) is 6.10. The van der Waals surface area contributed by atoms with E-state index in [0.717, 1.165) is 12.8 Å². The van der Waals surface area contributed by atoms with Crippen molar-refractivity contribution in [1.82, 2.24) is 9.88 Å². The van der Waals surface area contributed by atoms with Crippen molar-refractivity contribution in [3.8, 4) is 5.88 Å². The largest absolute Gasteiger partial charge is 0.472 e. The van der Waals surface area contributed by atoms with Crippen molar-refractivity contribution in [1.29, 1.82) is 0 Å². The number of primary amides is 1. The molecular formula is C19H21N3O3. The minimum Gasteiger partial charge on any atom is -0.472 e. The highest BCUT2D eigenvalue weighted by atomic mass is 16.5. The van der Waals surface area contributed by atoms with E-state index in [2.05, 4.69) is 4.98 Å². The van der Waals surface area contributed by atoms with Crippen molar-refractivity contribution >= 4 is 11.8 Å². The van der Waals surface area contributed by atoms with Crippen molar-refractivity contribution in [3.05, 3.63) is 59.8 Å². The maximum atomic E-state index is 12.3. The van der Waals surface area contributed by atoms with Gasteiger partial charge in [-0.2, -0.15) is 0 Å². The Labute approximate surface area is 146 Å². The van der Waals surface area contributed by atoms with Crippen LogP contribution in [0.2, 0.25) is 0 Å². The molecule has 0 aliphatic carbocycles. The van der Waals surface area contributed by atoms with Crippen molar-refractivity contribution in [2.75, 3.05) is 13.1 Å². The first-order chi connectivity index (χ1) is 12.1. The van der Waals surface area contributed by atoms with Gasteiger partial charge in [-0.15, -0.1) is 0 Å². The summed E-state index contributed by atoms with van der Waals surface area (Å²) in [6.45, 7) is 1.25. The van der Waals surface area contributed by atoms with Gasteiger partial charge >= 0.3 is 0 Å². The number of rotatable bonds is 6. The van der Waals surface area contributed by atoms with Crippen LogP contribution in [0.3, 0.4) is 0 Å². The number of benzene rings is 1. The molecule has 0 radical (unpaired) electrons. The van der Waals surface area contributed by atoms with E-state index >= 15 is 0 Å². The second kappa shape index (κ2) is 7.79. The number of pyridine rings is 1. The lowest BCUT2D eigenvalue weighted by molar-refractivity contribution is -0.130. The lowest BCUT2D eigenvalue weighted by Gasteiger charge is -2.17. The number of carbonyl (C=O) groups excluding carboxylic acids is 2. The van der Waals surface area contributed by atoms with Crippen LogP contribution in [0.1, 0.15) is 28.8 Å². The minimum atomic E-state index is -0.518. The van der Waals surface area contributed by atoms with E-state index in [9.17, 15) is 9.59 Å². The number of likely N-dealkylation sites (tertiary alicyclic amines) is 1. The molecule has 6 heteroatoms. The van der Waals surface area contributed by atoms with Crippen LogP contribution >= 0.6 is 0 Å². The molecule has 3 rings (SSSR count). The van der Waals surface area contributed by atoms with Gasteiger partial charge in [0.05, 0.1) is 12.1 Å². The Morgan fingerprint density at radius 3 is 2.68 bits per heavy atom. The van der Waals surface area contributed by atoms with Gasteiger partial charge in [-0.1, -0.05) is 30.3 Å². The number of aromatic nitrogens is 1. The first-order valence-electron chi connectivity index (χ1n) is 8.36. The van der Waals surface area contributed by atoms with Crippen molar-refractivity contribution in [2.24, 2.45) is 5.73 Å². The van der Waals surface area contributed by atoms with Gasteiger partial charge in [0.15, 0.2) is 0 Å². The fourth-order valence-electron chi connectivity index (χ4n) is 2.87. The SMILES string of the molecule is NC(=O)c1ccc(OC2CCN(C(=O)CCc3ccccc3)C2)nc1.